The summed E-state index contributed by atoms with van der Waals surface area (Å²) in [6.45, 7) is 7.88. The van der Waals surface area contributed by atoms with Crippen LogP contribution in [-0.2, 0) is 0 Å². The molecule has 1 nitrogen and oxygen atoms in total. The van der Waals surface area contributed by atoms with Crippen molar-refractivity contribution in [1.29, 1.82) is 0 Å². The SMILES string of the molecule is C=CC[C@@H](N)c1cc(C)cc(C)c1. The second-order valence-corrected chi connectivity index (χ2v) is 3.55. The maximum absolute atomic E-state index is 5.97. The molecule has 0 spiro atoms. The largest absolute Gasteiger partial charge is 0.324 e. The summed E-state index contributed by atoms with van der Waals surface area (Å²) in [4.78, 5) is 0. The number of hydrogen-bond acceptors (Lipinski definition) is 1. The van der Waals surface area contributed by atoms with Crippen LogP contribution in [0.3, 0.4) is 0 Å². The molecule has 1 heteroatoms. The highest BCUT2D eigenvalue weighted by Gasteiger charge is 2.04. The zero-order chi connectivity index (χ0) is 9.84. The molecule has 13 heavy (non-hydrogen) atoms. The first-order chi connectivity index (χ1) is 6.13. The lowest BCUT2D eigenvalue weighted by atomic mass is 10.00. The summed E-state index contributed by atoms with van der Waals surface area (Å²) in [6.07, 6.45) is 2.70. The van der Waals surface area contributed by atoms with Gasteiger partial charge < -0.3 is 5.73 Å². The molecule has 0 aliphatic carbocycles. The number of hydrogen-bond donors (Lipinski definition) is 1. The van der Waals surface area contributed by atoms with Crippen LogP contribution in [0.25, 0.3) is 0 Å². The van der Waals surface area contributed by atoms with Crippen molar-refractivity contribution >= 4 is 0 Å². The fourth-order valence-electron chi connectivity index (χ4n) is 1.54. The molecule has 2 N–H and O–H groups in total. The smallest absolute Gasteiger partial charge is 0.0329 e. The second kappa shape index (κ2) is 4.24. The minimum absolute atomic E-state index is 0.0936. The predicted octanol–water partition coefficient (Wildman–Crippen LogP) is 2.88. The lowest BCUT2D eigenvalue weighted by Crippen LogP contribution is -2.09. The average Bonchev–Trinajstić information content (AvgIpc) is 2.03. The van der Waals surface area contributed by atoms with Gasteiger partial charge in [-0.2, -0.15) is 0 Å². The van der Waals surface area contributed by atoms with Crippen molar-refractivity contribution in [3.8, 4) is 0 Å². The molecular formula is C12H17N. The maximum Gasteiger partial charge on any atom is 0.0329 e. The Bertz CT molecular complexity index is 282. The quantitative estimate of drug-likeness (QED) is 0.702. The molecule has 0 saturated carbocycles. The Morgan fingerprint density at radius 2 is 1.85 bits per heavy atom. The van der Waals surface area contributed by atoms with Crippen LogP contribution >= 0.6 is 0 Å². The van der Waals surface area contributed by atoms with Crippen molar-refractivity contribution in [2.75, 3.05) is 0 Å². The van der Waals surface area contributed by atoms with E-state index in [2.05, 4.69) is 38.6 Å². The van der Waals surface area contributed by atoms with Gasteiger partial charge in [-0.25, -0.2) is 0 Å². The Hall–Kier alpha value is -1.08. The van der Waals surface area contributed by atoms with E-state index in [9.17, 15) is 0 Å². The molecule has 0 heterocycles. The van der Waals surface area contributed by atoms with Gasteiger partial charge in [0.15, 0.2) is 0 Å². The average molecular weight is 175 g/mol. The molecule has 1 atom stereocenters. The van der Waals surface area contributed by atoms with Crippen molar-refractivity contribution < 1.29 is 0 Å². The van der Waals surface area contributed by atoms with E-state index in [0.717, 1.165) is 6.42 Å². The highest BCUT2D eigenvalue weighted by molar-refractivity contribution is 5.30. The molecule has 0 radical (unpaired) electrons. The molecule has 1 rings (SSSR count). The summed E-state index contributed by atoms with van der Waals surface area (Å²) in [7, 11) is 0. The van der Waals surface area contributed by atoms with Crippen LogP contribution in [0.15, 0.2) is 30.9 Å². The fourth-order valence-corrected chi connectivity index (χ4v) is 1.54. The summed E-state index contributed by atoms with van der Waals surface area (Å²) < 4.78 is 0. The van der Waals surface area contributed by atoms with Gasteiger partial charge >= 0.3 is 0 Å². The molecule has 0 amide bonds. The first-order valence-corrected chi connectivity index (χ1v) is 4.58. The van der Waals surface area contributed by atoms with Gasteiger partial charge in [-0.1, -0.05) is 35.4 Å². The van der Waals surface area contributed by atoms with E-state index >= 15 is 0 Å². The van der Waals surface area contributed by atoms with E-state index in [1.807, 2.05) is 6.08 Å². The van der Waals surface area contributed by atoms with Crippen LogP contribution in [0, 0.1) is 13.8 Å². The first kappa shape index (κ1) is 10.0. The molecule has 70 valence electrons. The van der Waals surface area contributed by atoms with E-state index in [4.69, 9.17) is 5.73 Å². The van der Waals surface area contributed by atoms with Crippen molar-refractivity contribution in [3.63, 3.8) is 0 Å². The Kier molecular flexibility index (Phi) is 3.26. The van der Waals surface area contributed by atoms with Crippen molar-refractivity contribution in [2.45, 2.75) is 26.3 Å². The lowest BCUT2D eigenvalue weighted by molar-refractivity contribution is 0.740. The van der Waals surface area contributed by atoms with Crippen LogP contribution in [-0.4, -0.2) is 0 Å². The third kappa shape index (κ3) is 2.71. The Labute approximate surface area is 80.3 Å². The highest BCUT2D eigenvalue weighted by atomic mass is 14.6. The second-order valence-electron chi connectivity index (χ2n) is 3.55. The van der Waals surface area contributed by atoms with E-state index in [1.165, 1.54) is 16.7 Å². The van der Waals surface area contributed by atoms with Gasteiger partial charge in [0.2, 0.25) is 0 Å². The van der Waals surface area contributed by atoms with Gasteiger partial charge in [-0.05, 0) is 25.8 Å². The zero-order valence-electron chi connectivity index (χ0n) is 8.38. The number of aryl methyl sites for hydroxylation is 2. The standard InChI is InChI=1S/C12H17N/c1-4-5-12(13)11-7-9(2)6-10(3)8-11/h4,6-8,12H,1,5,13H2,2-3H3/t12-/m1/s1. The summed E-state index contributed by atoms with van der Waals surface area (Å²) in [5, 5.41) is 0. The summed E-state index contributed by atoms with van der Waals surface area (Å²) >= 11 is 0. The Balaban J connectivity index is 2.93. The normalized spacial score (nSPS) is 12.5. The fraction of sp³-hybridized carbons (Fsp3) is 0.333. The number of nitrogens with two attached hydrogens (primary N) is 1. The van der Waals surface area contributed by atoms with Gasteiger partial charge in [-0.15, -0.1) is 6.58 Å². The van der Waals surface area contributed by atoms with Crippen LogP contribution in [0.5, 0.6) is 0 Å². The molecule has 1 aromatic rings. The molecule has 0 aromatic heterocycles. The predicted molar refractivity (Wildman–Crippen MR) is 57.7 cm³/mol. The minimum Gasteiger partial charge on any atom is -0.324 e. The van der Waals surface area contributed by atoms with Crippen molar-refractivity contribution in [1.82, 2.24) is 0 Å². The summed E-state index contributed by atoms with van der Waals surface area (Å²) in [5.74, 6) is 0. The van der Waals surface area contributed by atoms with Crippen LogP contribution < -0.4 is 5.73 Å². The highest BCUT2D eigenvalue weighted by Crippen LogP contribution is 2.17. The molecule has 0 unspecified atom stereocenters. The summed E-state index contributed by atoms with van der Waals surface area (Å²) in [5.41, 5.74) is 9.72. The zero-order valence-corrected chi connectivity index (χ0v) is 8.38. The molecule has 0 aliphatic heterocycles. The molecule has 0 saturated heterocycles. The molecule has 0 fully saturated rings. The first-order valence-electron chi connectivity index (χ1n) is 4.58. The van der Waals surface area contributed by atoms with Gasteiger partial charge in [0.25, 0.3) is 0 Å². The van der Waals surface area contributed by atoms with Crippen molar-refractivity contribution in [3.05, 3.63) is 47.5 Å². The van der Waals surface area contributed by atoms with E-state index < -0.39 is 0 Å². The number of benzene rings is 1. The van der Waals surface area contributed by atoms with Crippen LogP contribution in [0.1, 0.15) is 29.2 Å². The van der Waals surface area contributed by atoms with Gasteiger partial charge in [0.05, 0.1) is 0 Å². The molecule has 0 bridgehead atoms. The monoisotopic (exact) mass is 175 g/mol. The Morgan fingerprint density at radius 1 is 1.31 bits per heavy atom. The molecule has 0 aliphatic rings. The maximum atomic E-state index is 5.97. The van der Waals surface area contributed by atoms with Crippen LogP contribution in [0.2, 0.25) is 0 Å². The van der Waals surface area contributed by atoms with Crippen molar-refractivity contribution in [2.24, 2.45) is 5.73 Å². The van der Waals surface area contributed by atoms with E-state index in [0.29, 0.717) is 0 Å². The topological polar surface area (TPSA) is 26.0 Å². The van der Waals surface area contributed by atoms with E-state index in [-0.39, 0.29) is 6.04 Å². The molecular weight excluding hydrogens is 158 g/mol. The molecule has 1 aromatic carbocycles. The third-order valence-electron chi connectivity index (χ3n) is 2.09. The van der Waals surface area contributed by atoms with Crippen LogP contribution in [0.4, 0.5) is 0 Å². The van der Waals surface area contributed by atoms with E-state index in [1.54, 1.807) is 0 Å². The minimum atomic E-state index is 0.0936. The number of rotatable bonds is 3. The Morgan fingerprint density at radius 3 is 2.31 bits per heavy atom. The van der Waals surface area contributed by atoms with Gasteiger partial charge in [-0.3, -0.25) is 0 Å². The third-order valence-corrected chi connectivity index (χ3v) is 2.09. The lowest BCUT2D eigenvalue weighted by Gasteiger charge is -2.11. The van der Waals surface area contributed by atoms with Gasteiger partial charge in [0.1, 0.15) is 0 Å². The summed E-state index contributed by atoms with van der Waals surface area (Å²) in [6, 6.07) is 6.53. The van der Waals surface area contributed by atoms with Gasteiger partial charge in [0, 0.05) is 6.04 Å².